The minimum atomic E-state index is -0.505. The smallest absolute Gasteiger partial charge is 0.361 e. The maximum absolute atomic E-state index is 11.5. The Kier molecular flexibility index (Phi) is 3.31. The van der Waals surface area contributed by atoms with Crippen LogP contribution in [0.1, 0.15) is 23.1 Å². The highest BCUT2D eigenvalue weighted by Crippen LogP contribution is 2.11. The van der Waals surface area contributed by atoms with E-state index in [-0.39, 0.29) is 5.69 Å². The number of rotatable bonds is 4. The van der Waals surface area contributed by atoms with E-state index < -0.39 is 5.97 Å². The third-order valence-electron chi connectivity index (χ3n) is 2.35. The topological polar surface area (TPSA) is 88.0 Å². The molecule has 0 aliphatic heterocycles. The molecule has 0 saturated heterocycles. The van der Waals surface area contributed by atoms with E-state index >= 15 is 0 Å². The van der Waals surface area contributed by atoms with Crippen LogP contribution in [-0.2, 0) is 18.3 Å². The normalized spacial score (nSPS) is 10.6. The minimum absolute atomic E-state index is 0.146. The Morgan fingerprint density at radius 3 is 2.89 bits per heavy atom. The summed E-state index contributed by atoms with van der Waals surface area (Å²) in [6.07, 6.45) is 3.44. The van der Waals surface area contributed by atoms with E-state index in [1.807, 2.05) is 19.3 Å². The molecule has 2 aromatic rings. The van der Waals surface area contributed by atoms with Gasteiger partial charge in [-0.2, -0.15) is 10.2 Å². The SMILES string of the molecule is CCOC(=O)c1nn(Cc2ccn(C)n2)cc1N. The number of ether oxygens (including phenoxy) is 1. The Labute approximate surface area is 104 Å². The molecule has 0 aliphatic carbocycles. The summed E-state index contributed by atoms with van der Waals surface area (Å²) in [6.45, 7) is 2.49. The van der Waals surface area contributed by atoms with Crippen LogP contribution in [-0.4, -0.2) is 32.1 Å². The fourth-order valence-corrected chi connectivity index (χ4v) is 1.59. The lowest BCUT2D eigenvalue weighted by Gasteiger charge is -1.98. The van der Waals surface area contributed by atoms with Gasteiger partial charge in [0.2, 0.25) is 0 Å². The molecule has 0 bridgehead atoms. The number of hydrogen-bond acceptors (Lipinski definition) is 5. The molecule has 2 heterocycles. The second kappa shape index (κ2) is 4.91. The number of nitrogens with two attached hydrogens (primary N) is 1. The molecule has 0 saturated carbocycles. The lowest BCUT2D eigenvalue weighted by atomic mass is 10.4. The number of nitrogen functional groups attached to an aromatic ring is 1. The molecule has 0 aliphatic rings. The second-order valence-electron chi connectivity index (χ2n) is 3.83. The van der Waals surface area contributed by atoms with Crippen molar-refractivity contribution in [1.29, 1.82) is 0 Å². The van der Waals surface area contributed by atoms with Crippen LogP contribution in [0.2, 0.25) is 0 Å². The molecule has 0 unspecified atom stereocenters. The summed E-state index contributed by atoms with van der Waals surface area (Å²) in [4.78, 5) is 11.5. The van der Waals surface area contributed by atoms with E-state index in [1.165, 1.54) is 0 Å². The van der Waals surface area contributed by atoms with Crippen molar-refractivity contribution in [1.82, 2.24) is 19.6 Å². The van der Waals surface area contributed by atoms with Crippen molar-refractivity contribution < 1.29 is 9.53 Å². The zero-order chi connectivity index (χ0) is 13.1. The van der Waals surface area contributed by atoms with Gasteiger partial charge in [-0.1, -0.05) is 0 Å². The van der Waals surface area contributed by atoms with Crippen molar-refractivity contribution in [3.63, 3.8) is 0 Å². The molecular formula is C11H15N5O2. The molecule has 7 nitrogen and oxygen atoms in total. The molecule has 18 heavy (non-hydrogen) atoms. The molecule has 2 rings (SSSR count). The van der Waals surface area contributed by atoms with E-state index in [0.29, 0.717) is 18.8 Å². The van der Waals surface area contributed by atoms with Crippen molar-refractivity contribution in [2.45, 2.75) is 13.5 Å². The standard InChI is InChI=1S/C11H15N5O2/c1-3-18-11(17)10-9(12)7-16(14-10)6-8-4-5-15(2)13-8/h4-5,7H,3,6,12H2,1-2H3. The third kappa shape index (κ3) is 2.50. The molecular weight excluding hydrogens is 234 g/mol. The quantitative estimate of drug-likeness (QED) is 0.793. The van der Waals surface area contributed by atoms with Gasteiger partial charge in [-0.25, -0.2) is 4.79 Å². The van der Waals surface area contributed by atoms with E-state index in [9.17, 15) is 4.79 Å². The summed E-state index contributed by atoms with van der Waals surface area (Å²) < 4.78 is 8.14. The van der Waals surface area contributed by atoms with Gasteiger partial charge in [0.25, 0.3) is 0 Å². The zero-order valence-electron chi connectivity index (χ0n) is 10.3. The van der Waals surface area contributed by atoms with Gasteiger partial charge in [0.05, 0.1) is 24.5 Å². The van der Waals surface area contributed by atoms with Crippen LogP contribution in [0.4, 0.5) is 5.69 Å². The average Bonchev–Trinajstić information content (AvgIpc) is 2.86. The minimum Gasteiger partial charge on any atom is -0.461 e. The zero-order valence-corrected chi connectivity index (χ0v) is 10.3. The average molecular weight is 249 g/mol. The van der Waals surface area contributed by atoms with E-state index in [2.05, 4.69) is 10.2 Å². The Bertz CT molecular complexity index is 558. The summed E-state index contributed by atoms with van der Waals surface area (Å²) in [5, 5.41) is 8.33. The molecule has 0 spiro atoms. The van der Waals surface area contributed by atoms with Gasteiger partial charge in [0.1, 0.15) is 0 Å². The number of aryl methyl sites for hydroxylation is 1. The van der Waals surface area contributed by atoms with Gasteiger partial charge < -0.3 is 10.5 Å². The van der Waals surface area contributed by atoms with Crippen LogP contribution in [0.15, 0.2) is 18.5 Å². The van der Waals surface area contributed by atoms with Gasteiger partial charge in [-0.05, 0) is 13.0 Å². The van der Waals surface area contributed by atoms with Gasteiger partial charge in [-0.3, -0.25) is 9.36 Å². The van der Waals surface area contributed by atoms with Crippen LogP contribution >= 0.6 is 0 Å². The summed E-state index contributed by atoms with van der Waals surface area (Å²) in [6, 6.07) is 1.88. The van der Waals surface area contributed by atoms with Crippen molar-refractivity contribution in [2.75, 3.05) is 12.3 Å². The summed E-state index contributed by atoms with van der Waals surface area (Å²) in [5.74, 6) is -0.505. The molecule has 0 amide bonds. The number of carbonyl (C=O) groups is 1. The third-order valence-corrected chi connectivity index (χ3v) is 2.35. The lowest BCUT2D eigenvalue weighted by molar-refractivity contribution is 0.0519. The maximum Gasteiger partial charge on any atom is 0.361 e. The molecule has 0 fully saturated rings. The van der Waals surface area contributed by atoms with Crippen LogP contribution in [0.3, 0.4) is 0 Å². The number of nitrogens with zero attached hydrogens (tertiary/aromatic N) is 4. The predicted molar refractivity (Wildman–Crippen MR) is 64.9 cm³/mol. The van der Waals surface area contributed by atoms with Crippen molar-refractivity contribution in [3.05, 3.63) is 29.8 Å². The Balaban J connectivity index is 2.16. The van der Waals surface area contributed by atoms with Crippen LogP contribution < -0.4 is 5.73 Å². The Morgan fingerprint density at radius 1 is 1.50 bits per heavy atom. The molecule has 96 valence electrons. The highest BCUT2D eigenvalue weighted by Gasteiger charge is 2.16. The number of esters is 1. The van der Waals surface area contributed by atoms with Crippen LogP contribution in [0, 0.1) is 0 Å². The van der Waals surface area contributed by atoms with Gasteiger partial charge in [0, 0.05) is 19.4 Å². The summed E-state index contributed by atoms with van der Waals surface area (Å²) in [5.41, 5.74) is 7.02. The summed E-state index contributed by atoms with van der Waals surface area (Å²) >= 11 is 0. The monoisotopic (exact) mass is 249 g/mol. The molecule has 7 heteroatoms. The first-order chi connectivity index (χ1) is 8.60. The van der Waals surface area contributed by atoms with Crippen molar-refractivity contribution in [3.8, 4) is 0 Å². The highest BCUT2D eigenvalue weighted by atomic mass is 16.5. The molecule has 0 atom stereocenters. The Morgan fingerprint density at radius 2 is 2.28 bits per heavy atom. The fraction of sp³-hybridized carbons (Fsp3) is 0.364. The van der Waals surface area contributed by atoms with Crippen LogP contribution in [0.5, 0.6) is 0 Å². The predicted octanol–water partition coefficient (Wildman–Crippen LogP) is 0.424. The number of carbonyl (C=O) groups excluding carboxylic acids is 1. The first-order valence-corrected chi connectivity index (χ1v) is 5.58. The van der Waals surface area contributed by atoms with Crippen molar-refractivity contribution >= 4 is 11.7 Å². The highest BCUT2D eigenvalue weighted by molar-refractivity contribution is 5.92. The number of aromatic nitrogens is 4. The van der Waals surface area contributed by atoms with Gasteiger partial charge in [-0.15, -0.1) is 0 Å². The first kappa shape index (κ1) is 12.2. The number of hydrogen-bond donors (Lipinski definition) is 1. The number of anilines is 1. The van der Waals surface area contributed by atoms with E-state index in [1.54, 1.807) is 22.5 Å². The molecule has 2 aromatic heterocycles. The van der Waals surface area contributed by atoms with Gasteiger partial charge >= 0.3 is 5.97 Å². The van der Waals surface area contributed by atoms with Crippen LogP contribution in [0.25, 0.3) is 0 Å². The fourth-order valence-electron chi connectivity index (χ4n) is 1.59. The maximum atomic E-state index is 11.5. The lowest BCUT2D eigenvalue weighted by Crippen LogP contribution is -2.09. The summed E-state index contributed by atoms with van der Waals surface area (Å²) in [7, 11) is 1.84. The van der Waals surface area contributed by atoms with Gasteiger partial charge in [0.15, 0.2) is 5.69 Å². The van der Waals surface area contributed by atoms with E-state index in [0.717, 1.165) is 5.69 Å². The Hall–Kier alpha value is -2.31. The van der Waals surface area contributed by atoms with E-state index in [4.69, 9.17) is 10.5 Å². The molecule has 0 radical (unpaired) electrons. The van der Waals surface area contributed by atoms with Crippen molar-refractivity contribution in [2.24, 2.45) is 7.05 Å². The second-order valence-corrected chi connectivity index (χ2v) is 3.83. The first-order valence-electron chi connectivity index (χ1n) is 5.58. The molecule has 2 N–H and O–H groups in total. The molecule has 0 aromatic carbocycles. The largest absolute Gasteiger partial charge is 0.461 e.